The Morgan fingerprint density at radius 3 is 2.24 bits per heavy atom. The van der Waals surface area contributed by atoms with Crippen LogP contribution in [-0.2, 0) is 26.2 Å². The van der Waals surface area contributed by atoms with Gasteiger partial charge in [0.2, 0.25) is 21.8 Å². The number of carbonyl (C=O) groups is 2. The number of rotatable bonds is 11. The Morgan fingerprint density at radius 2 is 1.65 bits per heavy atom. The molecule has 1 atom stereocenters. The van der Waals surface area contributed by atoms with Crippen LogP contribution in [0.25, 0.3) is 0 Å². The first-order valence-corrected chi connectivity index (χ1v) is 14.3. The maximum absolute atomic E-state index is 13.7. The molecule has 2 amide bonds. The predicted molar refractivity (Wildman–Crippen MR) is 143 cm³/mol. The second-order valence-corrected chi connectivity index (χ2v) is 11.2. The van der Waals surface area contributed by atoms with E-state index in [-0.39, 0.29) is 24.2 Å². The molecule has 2 aromatic carbocycles. The van der Waals surface area contributed by atoms with E-state index in [4.69, 9.17) is 9.47 Å². The topological polar surface area (TPSA) is 105 Å². The molecule has 9 nitrogen and oxygen atoms in total. The van der Waals surface area contributed by atoms with Crippen molar-refractivity contribution in [3.8, 4) is 11.5 Å². The third-order valence-corrected chi connectivity index (χ3v) is 7.79. The number of para-hydroxylation sites is 2. The van der Waals surface area contributed by atoms with Crippen molar-refractivity contribution < 1.29 is 27.5 Å². The monoisotopic (exact) mass is 531 g/mol. The van der Waals surface area contributed by atoms with Crippen molar-refractivity contribution in [1.82, 2.24) is 10.2 Å². The van der Waals surface area contributed by atoms with Gasteiger partial charge in [0.15, 0.2) is 0 Å². The van der Waals surface area contributed by atoms with E-state index in [2.05, 4.69) is 5.32 Å². The van der Waals surface area contributed by atoms with Crippen LogP contribution >= 0.6 is 0 Å². The normalized spacial score (nSPS) is 14.9. The summed E-state index contributed by atoms with van der Waals surface area (Å²) in [7, 11) is -0.832. The molecule has 3 rings (SSSR count). The molecule has 2 aromatic rings. The second-order valence-electron chi connectivity index (χ2n) is 9.33. The van der Waals surface area contributed by atoms with Crippen LogP contribution in [0, 0.1) is 0 Å². The predicted octanol–water partition coefficient (Wildman–Crippen LogP) is 3.34. The van der Waals surface area contributed by atoms with Gasteiger partial charge in [-0.2, -0.15) is 0 Å². The van der Waals surface area contributed by atoms with Crippen LogP contribution in [-0.4, -0.2) is 64.2 Å². The minimum absolute atomic E-state index is 0.0859. The van der Waals surface area contributed by atoms with Crippen molar-refractivity contribution in [3.63, 3.8) is 0 Å². The summed E-state index contributed by atoms with van der Waals surface area (Å²) in [5.74, 6) is 0.241. The summed E-state index contributed by atoms with van der Waals surface area (Å²) < 4.78 is 37.1. The number of nitrogens with zero attached hydrogens (tertiary/aromatic N) is 2. The molecule has 1 saturated carbocycles. The van der Waals surface area contributed by atoms with E-state index in [1.807, 2.05) is 12.1 Å². The Kier molecular flexibility index (Phi) is 9.79. The largest absolute Gasteiger partial charge is 0.497 e. The highest BCUT2D eigenvalue weighted by Crippen LogP contribution is 2.30. The number of ether oxygens (including phenoxy) is 2. The molecule has 0 bridgehead atoms. The number of hydrogen-bond acceptors (Lipinski definition) is 6. The van der Waals surface area contributed by atoms with Crippen molar-refractivity contribution in [1.29, 1.82) is 0 Å². The maximum atomic E-state index is 13.7. The van der Waals surface area contributed by atoms with E-state index < -0.39 is 28.5 Å². The molecule has 0 aliphatic heterocycles. The van der Waals surface area contributed by atoms with Crippen molar-refractivity contribution in [3.05, 3.63) is 54.1 Å². The van der Waals surface area contributed by atoms with Gasteiger partial charge in [0.25, 0.3) is 0 Å². The third-order valence-electron chi connectivity index (χ3n) is 6.66. The molecular formula is C27H37N3O6S. The van der Waals surface area contributed by atoms with Crippen LogP contribution in [0.4, 0.5) is 5.69 Å². The first-order chi connectivity index (χ1) is 17.6. The highest BCUT2D eigenvalue weighted by Gasteiger charge is 2.32. The van der Waals surface area contributed by atoms with Gasteiger partial charge in [0.05, 0.1) is 26.2 Å². The average Bonchev–Trinajstić information content (AvgIpc) is 2.90. The quantitative estimate of drug-likeness (QED) is 0.477. The van der Waals surface area contributed by atoms with E-state index in [1.165, 1.54) is 12.0 Å². The van der Waals surface area contributed by atoms with Crippen LogP contribution in [0.5, 0.6) is 11.5 Å². The van der Waals surface area contributed by atoms with Crippen LogP contribution in [0.2, 0.25) is 0 Å². The van der Waals surface area contributed by atoms with Crippen molar-refractivity contribution in [2.45, 2.75) is 57.7 Å². The van der Waals surface area contributed by atoms with Gasteiger partial charge in [-0.1, -0.05) is 43.5 Å². The van der Waals surface area contributed by atoms with Gasteiger partial charge >= 0.3 is 0 Å². The Bertz CT molecular complexity index is 1160. The standard InChI is InChI=1S/C27H37N3O6S/c1-20(27(32)28-22-10-6-5-7-11-22)29(18-21-14-16-23(35-2)17-15-21)26(31)19-30(37(4,33)34)24-12-8-9-13-25(24)36-3/h8-9,12-17,20,22H,5-7,10-11,18-19H2,1-4H3,(H,28,32). The fourth-order valence-electron chi connectivity index (χ4n) is 4.51. The Balaban J connectivity index is 1.89. The molecule has 1 unspecified atom stereocenters. The molecule has 1 fully saturated rings. The number of amides is 2. The number of carbonyl (C=O) groups excluding carboxylic acids is 2. The summed E-state index contributed by atoms with van der Waals surface area (Å²) in [6.07, 6.45) is 6.17. The zero-order valence-electron chi connectivity index (χ0n) is 22.0. The van der Waals surface area contributed by atoms with E-state index in [9.17, 15) is 18.0 Å². The van der Waals surface area contributed by atoms with Crippen LogP contribution < -0.4 is 19.1 Å². The number of hydrogen-bond donors (Lipinski definition) is 1. The molecule has 37 heavy (non-hydrogen) atoms. The lowest BCUT2D eigenvalue weighted by molar-refractivity contribution is -0.139. The molecule has 1 aliphatic carbocycles. The van der Waals surface area contributed by atoms with E-state index >= 15 is 0 Å². The van der Waals surface area contributed by atoms with Gasteiger partial charge in [0, 0.05) is 12.6 Å². The highest BCUT2D eigenvalue weighted by molar-refractivity contribution is 7.92. The lowest BCUT2D eigenvalue weighted by atomic mass is 9.95. The number of nitrogens with one attached hydrogen (secondary N) is 1. The van der Waals surface area contributed by atoms with Crippen molar-refractivity contribution >= 4 is 27.5 Å². The van der Waals surface area contributed by atoms with Gasteiger partial charge in [-0.3, -0.25) is 13.9 Å². The van der Waals surface area contributed by atoms with Gasteiger partial charge in [-0.15, -0.1) is 0 Å². The van der Waals surface area contributed by atoms with Gasteiger partial charge < -0.3 is 19.7 Å². The molecule has 10 heteroatoms. The molecule has 0 saturated heterocycles. The SMILES string of the molecule is COc1ccc(CN(C(=O)CN(c2ccccc2OC)S(C)(=O)=O)C(C)C(=O)NC2CCCCC2)cc1. The zero-order chi connectivity index (χ0) is 27.0. The minimum atomic E-state index is -3.84. The molecule has 1 N–H and O–H groups in total. The van der Waals surface area contributed by atoms with E-state index in [0.717, 1.165) is 48.2 Å². The summed E-state index contributed by atoms with van der Waals surface area (Å²) in [5.41, 5.74) is 1.04. The molecule has 0 heterocycles. The number of methoxy groups -OCH3 is 2. The van der Waals surface area contributed by atoms with Crippen molar-refractivity contribution in [2.75, 3.05) is 31.3 Å². The Morgan fingerprint density at radius 1 is 1.00 bits per heavy atom. The Hall–Kier alpha value is -3.27. The van der Waals surface area contributed by atoms with Crippen LogP contribution in [0.3, 0.4) is 0 Å². The fraction of sp³-hybridized carbons (Fsp3) is 0.481. The Labute approximate surface area is 219 Å². The smallest absolute Gasteiger partial charge is 0.244 e. The molecule has 0 aromatic heterocycles. The zero-order valence-corrected chi connectivity index (χ0v) is 22.8. The number of anilines is 1. The number of sulfonamides is 1. The number of benzene rings is 2. The second kappa shape index (κ2) is 12.8. The summed E-state index contributed by atoms with van der Waals surface area (Å²) in [6.45, 7) is 1.33. The van der Waals surface area contributed by atoms with Crippen LogP contribution in [0.15, 0.2) is 48.5 Å². The molecule has 1 aliphatic rings. The average molecular weight is 532 g/mol. The molecule has 0 spiro atoms. The molecule has 0 radical (unpaired) electrons. The summed E-state index contributed by atoms with van der Waals surface area (Å²) in [6, 6.07) is 13.1. The summed E-state index contributed by atoms with van der Waals surface area (Å²) in [5, 5.41) is 3.09. The van der Waals surface area contributed by atoms with Crippen molar-refractivity contribution in [2.24, 2.45) is 0 Å². The highest BCUT2D eigenvalue weighted by atomic mass is 32.2. The maximum Gasteiger partial charge on any atom is 0.244 e. The van der Waals surface area contributed by atoms with E-state index in [1.54, 1.807) is 50.4 Å². The first-order valence-electron chi connectivity index (χ1n) is 12.5. The van der Waals surface area contributed by atoms with Gasteiger partial charge in [-0.25, -0.2) is 8.42 Å². The van der Waals surface area contributed by atoms with Gasteiger partial charge in [0.1, 0.15) is 24.1 Å². The summed E-state index contributed by atoms with van der Waals surface area (Å²) >= 11 is 0. The van der Waals surface area contributed by atoms with E-state index in [0.29, 0.717) is 11.5 Å². The first kappa shape index (κ1) is 28.3. The van der Waals surface area contributed by atoms with Crippen LogP contribution in [0.1, 0.15) is 44.6 Å². The van der Waals surface area contributed by atoms with Gasteiger partial charge in [-0.05, 0) is 49.6 Å². The minimum Gasteiger partial charge on any atom is -0.497 e. The third kappa shape index (κ3) is 7.61. The molecule has 202 valence electrons. The lowest BCUT2D eigenvalue weighted by Crippen LogP contribution is -2.53. The lowest BCUT2D eigenvalue weighted by Gasteiger charge is -2.33. The summed E-state index contributed by atoms with van der Waals surface area (Å²) in [4.78, 5) is 28.4. The molecular weight excluding hydrogens is 494 g/mol. The fourth-order valence-corrected chi connectivity index (χ4v) is 5.36.